The maximum absolute atomic E-state index is 12.4. The molecule has 1 amide bonds. The molecule has 0 aliphatic carbocycles. The number of anilines is 1. The van der Waals surface area contributed by atoms with E-state index in [4.69, 9.17) is 4.74 Å². The van der Waals surface area contributed by atoms with Crippen molar-refractivity contribution in [1.82, 2.24) is 14.7 Å². The number of aryl methyl sites for hydroxylation is 1. The summed E-state index contributed by atoms with van der Waals surface area (Å²) in [6.07, 6.45) is 2.65. The van der Waals surface area contributed by atoms with Crippen molar-refractivity contribution in [2.75, 3.05) is 37.7 Å². The van der Waals surface area contributed by atoms with Gasteiger partial charge in [0.15, 0.2) is 5.69 Å². The van der Waals surface area contributed by atoms with E-state index in [-0.39, 0.29) is 11.6 Å². The second kappa shape index (κ2) is 11.2. The fourth-order valence-electron chi connectivity index (χ4n) is 4.42. The molecule has 0 atom stereocenters. The highest BCUT2D eigenvalue weighted by Gasteiger charge is 2.22. The molecular formula is C28H34N4O3. The van der Waals surface area contributed by atoms with Crippen LogP contribution in [0.5, 0.6) is 0 Å². The number of carbonyl (C=O) groups excluding carboxylic acids is 2. The average Bonchev–Trinajstić information content (AvgIpc) is 3.33. The lowest BCUT2D eigenvalue weighted by molar-refractivity contribution is -0.131. The molecule has 7 nitrogen and oxygen atoms in total. The summed E-state index contributed by atoms with van der Waals surface area (Å²) in [5, 5.41) is 4.59. The van der Waals surface area contributed by atoms with Gasteiger partial charge in [0.2, 0.25) is 5.91 Å². The Morgan fingerprint density at radius 2 is 1.69 bits per heavy atom. The number of carbonyl (C=O) groups is 2. The number of hydrogen-bond acceptors (Lipinski definition) is 5. The summed E-state index contributed by atoms with van der Waals surface area (Å²) in [5.41, 5.74) is 5.20. The van der Waals surface area contributed by atoms with E-state index in [9.17, 15) is 9.59 Å². The molecule has 2 aromatic carbocycles. The Kier molecular flexibility index (Phi) is 7.85. The van der Waals surface area contributed by atoms with Crippen LogP contribution in [0, 0.1) is 6.92 Å². The molecule has 0 spiro atoms. The molecule has 1 saturated heterocycles. The molecule has 35 heavy (non-hydrogen) atoms. The van der Waals surface area contributed by atoms with Gasteiger partial charge in [0.1, 0.15) is 0 Å². The van der Waals surface area contributed by atoms with E-state index in [1.807, 2.05) is 40.8 Å². The predicted molar refractivity (Wildman–Crippen MR) is 138 cm³/mol. The van der Waals surface area contributed by atoms with Crippen LogP contribution in [0.4, 0.5) is 5.69 Å². The average molecular weight is 475 g/mol. The molecule has 3 aromatic rings. The first-order chi connectivity index (χ1) is 17.0. The van der Waals surface area contributed by atoms with Crippen LogP contribution >= 0.6 is 0 Å². The minimum absolute atomic E-state index is 0.267. The van der Waals surface area contributed by atoms with E-state index in [0.29, 0.717) is 13.0 Å². The van der Waals surface area contributed by atoms with Crippen molar-refractivity contribution in [1.29, 1.82) is 0 Å². The fourth-order valence-corrected chi connectivity index (χ4v) is 4.42. The van der Waals surface area contributed by atoms with Gasteiger partial charge in [0.25, 0.3) is 0 Å². The van der Waals surface area contributed by atoms with Crippen molar-refractivity contribution < 1.29 is 14.3 Å². The lowest BCUT2D eigenvalue weighted by Gasteiger charge is -2.36. The zero-order chi connectivity index (χ0) is 24.8. The van der Waals surface area contributed by atoms with Crippen molar-refractivity contribution in [2.24, 2.45) is 0 Å². The normalized spacial score (nSPS) is 13.7. The lowest BCUT2D eigenvalue weighted by atomic mass is 10.1. The fraction of sp³-hybridized carbons (Fsp3) is 0.393. The summed E-state index contributed by atoms with van der Waals surface area (Å²) in [4.78, 5) is 29.0. The van der Waals surface area contributed by atoms with Crippen LogP contribution in [0.2, 0.25) is 0 Å². The first kappa shape index (κ1) is 24.5. The summed E-state index contributed by atoms with van der Waals surface area (Å²) in [6, 6.07) is 18.1. The number of aromatic nitrogens is 2. The topological polar surface area (TPSA) is 67.7 Å². The largest absolute Gasteiger partial charge is 0.461 e. The Balaban J connectivity index is 1.55. The molecular weight excluding hydrogens is 440 g/mol. The van der Waals surface area contributed by atoms with Gasteiger partial charge in [0, 0.05) is 43.9 Å². The molecule has 0 saturated carbocycles. The third kappa shape index (κ3) is 5.56. The predicted octanol–water partition coefficient (Wildman–Crippen LogP) is 4.86. The summed E-state index contributed by atoms with van der Waals surface area (Å²) in [6.45, 7) is 9.40. The minimum atomic E-state index is -0.427. The summed E-state index contributed by atoms with van der Waals surface area (Å²) in [7, 11) is 0. The number of nitrogens with zero attached hydrogens (tertiary/aromatic N) is 4. The first-order valence-electron chi connectivity index (χ1n) is 12.5. The van der Waals surface area contributed by atoms with Gasteiger partial charge in [-0.2, -0.15) is 5.10 Å². The lowest BCUT2D eigenvalue weighted by Crippen LogP contribution is -2.48. The Labute approximate surface area is 207 Å². The number of amides is 1. The van der Waals surface area contributed by atoms with Gasteiger partial charge in [0.05, 0.1) is 18.0 Å². The highest BCUT2D eigenvalue weighted by Crippen LogP contribution is 2.28. The van der Waals surface area contributed by atoms with Crippen molar-refractivity contribution in [3.8, 4) is 16.9 Å². The van der Waals surface area contributed by atoms with Gasteiger partial charge in [-0.05, 0) is 50.1 Å². The second-order valence-electron chi connectivity index (χ2n) is 8.85. The summed E-state index contributed by atoms with van der Waals surface area (Å²) >= 11 is 0. The number of piperazine rings is 1. The van der Waals surface area contributed by atoms with Gasteiger partial charge < -0.3 is 14.5 Å². The number of ether oxygens (including phenoxy) is 1. The van der Waals surface area contributed by atoms with E-state index in [1.54, 1.807) is 13.0 Å². The zero-order valence-electron chi connectivity index (χ0n) is 20.9. The van der Waals surface area contributed by atoms with Gasteiger partial charge in [-0.15, -0.1) is 0 Å². The van der Waals surface area contributed by atoms with Crippen LogP contribution in [0.25, 0.3) is 16.9 Å². The Hall–Kier alpha value is -3.61. The molecule has 0 unspecified atom stereocenters. The highest BCUT2D eigenvalue weighted by atomic mass is 16.5. The maximum atomic E-state index is 12.4. The third-order valence-electron chi connectivity index (χ3n) is 6.44. The van der Waals surface area contributed by atoms with Gasteiger partial charge in [-0.25, -0.2) is 9.48 Å². The van der Waals surface area contributed by atoms with Crippen LogP contribution < -0.4 is 4.90 Å². The number of para-hydroxylation sites is 1. The first-order valence-corrected chi connectivity index (χ1v) is 12.5. The van der Waals surface area contributed by atoms with E-state index < -0.39 is 5.97 Å². The molecule has 1 fully saturated rings. The molecule has 4 rings (SSSR count). The molecule has 1 aliphatic heterocycles. The number of esters is 1. The zero-order valence-corrected chi connectivity index (χ0v) is 20.9. The molecule has 1 aliphatic rings. The van der Waals surface area contributed by atoms with E-state index in [0.717, 1.165) is 67.2 Å². The van der Waals surface area contributed by atoms with Crippen LogP contribution in [-0.4, -0.2) is 59.3 Å². The van der Waals surface area contributed by atoms with Crippen molar-refractivity contribution >= 4 is 17.6 Å². The number of rotatable bonds is 8. The Morgan fingerprint density at radius 1 is 0.971 bits per heavy atom. The minimum Gasteiger partial charge on any atom is -0.461 e. The standard InChI is InChI=1S/C28H34N4O3/c1-4-6-11-27(33)31-18-16-30(17-19-31)23-14-12-22(13-15-23)26-20-24(28(34)35-5-2)29-32(26)25-10-8-7-9-21(25)3/h7-10,12-15,20H,4-6,11,16-19H2,1-3H3. The van der Waals surface area contributed by atoms with Crippen molar-refractivity contribution in [3.63, 3.8) is 0 Å². The molecule has 2 heterocycles. The molecule has 0 N–H and O–H groups in total. The SMILES string of the molecule is CCCCC(=O)N1CCN(c2ccc(-c3cc(C(=O)OCC)nn3-c3ccccc3C)cc2)CC1. The number of unbranched alkanes of at least 4 members (excludes halogenated alkanes) is 1. The van der Waals surface area contributed by atoms with Crippen molar-refractivity contribution in [2.45, 2.75) is 40.0 Å². The second-order valence-corrected chi connectivity index (χ2v) is 8.85. The van der Waals surface area contributed by atoms with E-state index in [1.165, 1.54) is 0 Å². The third-order valence-corrected chi connectivity index (χ3v) is 6.44. The maximum Gasteiger partial charge on any atom is 0.358 e. The Bertz CT molecular complexity index is 1160. The van der Waals surface area contributed by atoms with Crippen LogP contribution in [0.15, 0.2) is 54.6 Å². The Morgan fingerprint density at radius 3 is 2.34 bits per heavy atom. The monoisotopic (exact) mass is 474 g/mol. The van der Waals surface area contributed by atoms with Gasteiger partial charge >= 0.3 is 5.97 Å². The van der Waals surface area contributed by atoms with Gasteiger partial charge in [-0.1, -0.05) is 43.7 Å². The molecule has 0 radical (unpaired) electrons. The van der Waals surface area contributed by atoms with E-state index in [2.05, 4.69) is 41.2 Å². The summed E-state index contributed by atoms with van der Waals surface area (Å²) in [5.74, 6) is -0.159. The van der Waals surface area contributed by atoms with Crippen LogP contribution in [0.3, 0.4) is 0 Å². The van der Waals surface area contributed by atoms with Crippen LogP contribution in [-0.2, 0) is 9.53 Å². The molecule has 1 aromatic heterocycles. The van der Waals surface area contributed by atoms with E-state index >= 15 is 0 Å². The van der Waals surface area contributed by atoms with Crippen LogP contribution in [0.1, 0.15) is 49.2 Å². The van der Waals surface area contributed by atoms with Gasteiger partial charge in [-0.3, -0.25) is 4.79 Å². The highest BCUT2D eigenvalue weighted by molar-refractivity contribution is 5.89. The van der Waals surface area contributed by atoms with Crippen molar-refractivity contribution in [3.05, 3.63) is 65.9 Å². The molecule has 7 heteroatoms. The summed E-state index contributed by atoms with van der Waals surface area (Å²) < 4.78 is 7.01. The smallest absolute Gasteiger partial charge is 0.358 e. The number of benzene rings is 2. The number of hydrogen-bond donors (Lipinski definition) is 0. The molecule has 0 bridgehead atoms. The quantitative estimate of drug-likeness (QED) is 0.436. The molecule has 184 valence electrons.